The Morgan fingerprint density at radius 2 is 1.26 bits per heavy atom. The molecule has 0 aromatic heterocycles. The molecule has 0 radical (unpaired) electrons. The topological polar surface area (TPSA) is 66.0 Å². The summed E-state index contributed by atoms with van der Waals surface area (Å²) in [7, 11) is 0. The lowest BCUT2D eigenvalue weighted by Gasteiger charge is -2.71. The van der Waals surface area contributed by atoms with Gasteiger partial charge in [0.2, 0.25) is 0 Å². The molecule has 4 bridgehead atoms. The SMILES string of the molecule is CCCC12CC3(C)CC(c4ccc(OC#N)c(C)c4)(C1)CC(c1ccc(OC#N)c(C)c1)(C3)C2. The first-order valence-electron chi connectivity index (χ1n) is 12.5. The first-order valence-corrected chi connectivity index (χ1v) is 12.5. The largest absolute Gasteiger partial charge is 0.388 e. The maximum atomic E-state index is 9.01. The molecule has 2 unspecified atom stereocenters. The van der Waals surface area contributed by atoms with Crippen molar-refractivity contribution in [3.8, 4) is 24.0 Å². The van der Waals surface area contributed by atoms with Gasteiger partial charge in [-0.05, 0) is 115 Å². The van der Waals surface area contributed by atoms with Gasteiger partial charge in [0.15, 0.2) is 0 Å². The predicted octanol–water partition coefficient (Wildman–Crippen LogP) is 7.37. The first-order chi connectivity index (χ1) is 16.2. The van der Waals surface area contributed by atoms with E-state index in [1.54, 1.807) is 0 Å². The van der Waals surface area contributed by atoms with Crippen molar-refractivity contribution in [2.75, 3.05) is 0 Å². The molecule has 4 aliphatic rings. The van der Waals surface area contributed by atoms with Crippen LogP contribution in [0.2, 0.25) is 0 Å². The molecule has 2 aromatic rings. The number of rotatable bonds is 6. The Morgan fingerprint density at radius 1 is 0.765 bits per heavy atom. The van der Waals surface area contributed by atoms with Gasteiger partial charge in [0.1, 0.15) is 11.5 Å². The average Bonchev–Trinajstić information content (AvgIpc) is 2.75. The van der Waals surface area contributed by atoms with E-state index in [2.05, 4.69) is 38.1 Å². The fraction of sp³-hybridized carbons (Fsp3) is 0.533. The maximum absolute atomic E-state index is 9.01. The summed E-state index contributed by atoms with van der Waals surface area (Å²) in [5.41, 5.74) is 5.80. The van der Waals surface area contributed by atoms with E-state index >= 15 is 0 Å². The lowest BCUT2D eigenvalue weighted by atomic mass is 9.33. The standard InChI is InChI=1S/C30H34N2O2/c1-5-10-28-13-27(4)14-29(16-28,23-6-8-25(33-19-31)21(2)11-23)18-30(15-27,17-28)24-7-9-26(34-20-32)22(3)12-24/h6-9,11-12H,5,10,13-18H2,1-4H3. The summed E-state index contributed by atoms with van der Waals surface area (Å²) < 4.78 is 10.4. The Bertz CT molecular complexity index is 1140. The van der Waals surface area contributed by atoms with Crippen LogP contribution in [0.25, 0.3) is 0 Å². The number of hydrogen-bond acceptors (Lipinski definition) is 4. The van der Waals surface area contributed by atoms with Crippen LogP contribution in [0.3, 0.4) is 0 Å². The number of ether oxygens (including phenoxy) is 2. The third-order valence-electron chi connectivity index (χ3n) is 9.10. The quantitative estimate of drug-likeness (QED) is 0.427. The maximum Gasteiger partial charge on any atom is 0.292 e. The summed E-state index contributed by atoms with van der Waals surface area (Å²) in [6.45, 7) is 8.95. The van der Waals surface area contributed by atoms with Gasteiger partial charge >= 0.3 is 0 Å². The molecule has 0 aliphatic heterocycles. The highest BCUT2D eigenvalue weighted by Gasteiger charge is 2.67. The lowest BCUT2D eigenvalue weighted by Crippen LogP contribution is -2.63. The second-order valence-electron chi connectivity index (χ2n) is 12.0. The molecule has 176 valence electrons. The molecule has 34 heavy (non-hydrogen) atoms. The normalized spacial score (nSPS) is 33.2. The van der Waals surface area contributed by atoms with Crippen LogP contribution in [-0.4, -0.2) is 0 Å². The van der Waals surface area contributed by atoms with Gasteiger partial charge in [-0.15, -0.1) is 10.5 Å². The van der Waals surface area contributed by atoms with E-state index in [1.165, 1.54) is 56.1 Å². The molecule has 0 amide bonds. The molecular formula is C30H34N2O2. The van der Waals surface area contributed by atoms with Crippen LogP contribution in [-0.2, 0) is 10.8 Å². The second kappa shape index (κ2) is 7.78. The van der Waals surface area contributed by atoms with Crippen molar-refractivity contribution in [1.82, 2.24) is 0 Å². The van der Waals surface area contributed by atoms with Crippen molar-refractivity contribution in [2.24, 2.45) is 10.8 Å². The highest BCUT2D eigenvalue weighted by Crippen LogP contribution is 2.75. The van der Waals surface area contributed by atoms with Crippen LogP contribution in [0.4, 0.5) is 0 Å². The van der Waals surface area contributed by atoms with Gasteiger partial charge in [0.05, 0.1) is 0 Å². The van der Waals surface area contributed by atoms with E-state index < -0.39 is 0 Å². The van der Waals surface area contributed by atoms with Gasteiger partial charge in [-0.25, -0.2) is 0 Å². The number of hydrogen-bond donors (Lipinski definition) is 0. The molecular weight excluding hydrogens is 420 g/mol. The molecule has 4 saturated carbocycles. The second-order valence-corrected chi connectivity index (χ2v) is 12.0. The smallest absolute Gasteiger partial charge is 0.292 e. The number of nitrogens with zero attached hydrogens (tertiary/aromatic N) is 2. The number of aryl methyl sites for hydroxylation is 2. The van der Waals surface area contributed by atoms with Crippen molar-refractivity contribution in [3.05, 3.63) is 58.7 Å². The zero-order valence-electron chi connectivity index (χ0n) is 20.8. The summed E-state index contributed by atoms with van der Waals surface area (Å²) in [4.78, 5) is 0. The summed E-state index contributed by atoms with van der Waals surface area (Å²) >= 11 is 0. The minimum Gasteiger partial charge on any atom is -0.388 e. The van der Waals surface area contributed by atoms with E-state index in [1.807, 2.05) is 38.5 Å². The Balaban J connectivity index is 1.65. The van der Waals surface area contributed by atoms with Crippen molar-refractivity contribution in [3.63, 3.8) is 0 Å². The van der Waals surface area contributed by atoms with Gasteiger partial charge in [0, 0.05) is 0 Å². The molecule has 6 rings (SSSR count). The molecule has 2 aromatic carbocycles. The monoisotopic (exact) mass is 454 g/mol. The molecule has 0 N–H and O–H groups in total. The molecule has 0 saturated heterocycles. The zero-order chi connectivity index (χ0) is 24.2. The molecule has 4 fully saturated rings. The minimum atomic E-state index is 0.129. The first kappa shape index (κ1) is 22.8. The van der Waals surface area contributed by atoms with Crippen molar-refractivity contribution in [1.29, 1.82) is 10.5 Å². The summed E-state index contributed by atoms with van der Waals surface area (Å²) in [6.07, 6.45) is 13.5. The lowest BCUT2D eigenvalue weighted by molar-refractivity contribution is -0.138. The van der Waals surface area contributed by atoms with Crippen LogP contribution in [0.15, 0.2) is 36.4 Å². The predicted molar refractivity (Wildman–Crippen MR) is 131 cm³/mol. The van der Waals surface area contributed by atoms with E-state index in [4.69, 9.17) is 20.0 Å². The van der Waals surface area contributed by atoms with E-state index in [-0.39, 0.29) is 10.8 Å². The van der Waals surface area contributed by atoms with Crippen LogP contribution in [0.5, 0.6) is 11.5 Å². The van der Waals surface area contributed by atoms with E-state index in [0.717, 1.165) is 17.5 Å². The molecule has 0 spiro atoms. The Hall–Kier alpha value is -2.98. The molecule has 0 heterocycles. The van der Waals surface area contributed by atoms with Gasteiger partial charge in [-0.1, -0.05) is 44.5 Å². The number of benzene rings is 2. The fourth-order valence-electron chi connectivity index (χ4n) is 9.07. The van der Waals surface area contributed by atoms with Crippen LogP contribution < -0.4 is 9.47 Å². The highest BCUT2D eigenvalue weighted by molar-refractivity contribution is 5.47. The molecule has 4 heteroatoms. The summed E-state index contributed by atoms with van der Waals surface area (Å²) in [5, 5.41) is 18.0. The summed E-state index contributed by atoms with van der Waals surface area (Å²) in [5.74, 6) is 1.31. The number of nitriles is 2. The average molecular weight is 455 g/mol. The highest BCUT2D eigenvalue weighted by atomic mass is 16.5. The zero-order valence-corrected chi connectivity index (χ0v) is 20.8. The van der Waals surface area contributed by atoms with Crippen LogP contribution in [0, 0.1) is 47.7 Å². The van der Waals surface area contributed by atoms with Crippen molar-refractivity contribution < 1.29 is 9.47 Å². The molecule has 4 nitrogen and oxygen atoms in total. The van der Waals surface area contributed by atoms with E-state index in [9.17, 15) is 0 Å². The Labute approximate surface area is 203 Å². The van der Waals surface area contributed by atoms with Crippen LogP contribution >= 0.6 is 0 Å². The van der Waals surface area contributed by atoms with Crippen molar-refractivity contribution >= 4 is 0 Å². The van der Waals surface area contributed by atoms with Gasteiger partial charge in [0.25, 0.3) is 12.5 Å². The molecule has 4 aliphatic carbocycles. The van der Waals surface area contributed by atoms with Gasteiger partial charge < -0.3 is 9.47 Å². The van der Waals surface area contributed by atoms with Crippen molar-refractivity contribution in [2.45, 2.75) is 89.9 Å². The minimum absolute atomic E-state index is 0.129. The molecule has 2 atom stereocenters. The van der Waals surface area contributed by atoms with E-state index in [0.29, 0.717) is 22.3 Å². The third-order valence-corrected chi connectivity index (χ3v) is 9.10. The summed E-state index contributed by atoms with van der Waals surface area (Å²) in [6, 6.07) is 13.0. The van der Waals surface area contributed by atoms with Gasteiger partial charge in [-0.2, -0.15) is 0 Å². The third kappa shape index (κ3) is 3.47. The Morgan fingerprint density at radius 3 is 1.68 bits per heavy atom. The van der Waals surface area contributed by atoms with Crippen LogP contribution in [0.1, 0.15) is 87.5 Å². The van der Waals surface area contributed by atoms with Gasteiger partial charge in [-0.3, -0.25) is 0 Å². The fourth-order valence-corrected chi connectivity index (χ4v) is 9.07. The Kier molecular flexibility index (Phi) is 5.21.